The predicted octanol–water partition coefficient (Wildman–Crippen LogP) is 14.0. The third kappa shape index (κ3) is 5.38. The van der Waals surface area contributed by atoms with Crippen molar-refractivity contribution in [2.24, 2.45) is 0 Å². The highest BCUT2D eigenvalue weighted by atomic mass is 32.1. The quantitative estimate of drug-likeness (QED) is 0.166. The fourth-order valence-electron chi connectivity index (χ4n) is 8.06. The molecule has 0 spiro atoms. The van der Waals surface area contributed by atoms with Gasteiger partial charge in [0.15, 0.2) is 17.5 Å². The van der Waals surface area contributed by atoms with Crippen LogP contribution in [-0.4, -0.2) is 15.0 Å². The summed E-state index contributed by atoms with van der Waals surface area (Å²) in [6, 6.07) is 67.1. The average molecular weight is 718 g/mol. The summed E-state index contributed by atoms with van der Waals surface area (Å²) >= 11 is 1.87. The number of hydrogen-bond donors (Lipinski definition) is 0. The van der Waals surface area contributed by atoms with Crippen LogP contribution in [0.25, 0.3) is 109 Å². The van der Waals surface area contributed by atoms with Crippen molar-refractivity contribution < 1.29 is 0 Å². The molecule has 0 atom stereocenters. The van der Waals surface area contributed by atoms with E-state index in [2.05, 4.69) is 127 Å². The molecule has 0 aliphatic heterocycles. The maximum Gasteiger partial charge on any atom is 0.164 e. The first kappa shape index (κ1) is 31.5. The first-order valence-corrected chi connectivity index (χ1v) is 19.3. The molecule has 0 aliphatic carbocycles. The molecule has 11 rings (SSSR count). The number of aromatic nitrogens is 3. The molecule has 0 saturated carbocycles. The van der Waals surface area contributed by atoms with E-state index in [-0.39, 0.29) is 0 Å². The normalized spacial score (nSPS) is 11.6. The molecule has 2 aromatic heterocycles. The summed E-state index contributed by atoms with van der Waals surface area (Å²) in [7, 11) is 0. The molecule has 0 bridgehead atoms. The molecule has 0 N–H and O–H groups in total. The van der Waals surface area contributed by atoms with E-state index in [1.807, 2.05) is 72.0 Å². The molecule has 256 valence electrons. The largest absolute Gasteiger partial charge is 0.208 e. The van der Waals surface area contributed by atoms with Gasteiger partial charge in [-0.15, -0.1) is 11.3 Å². The van der Waals surface area contributed by atoms with Crippen LogP contribution in [0.5, 0.6) is 0 Å². The summed E-state index contributed by atoms with van der Waals surface area (Å²) in [5.41, 5.74) is 7.70. The SMILES string of the molecule is c1ccc(-c2nc(-c3ccccc3)nc(-c3ccc(-c4cc5c6ccccc6c(-c6ccc7c(c6)sc6ccccc67)cc5c5ccccc45)cc3)n2)cc1. The van der Waals surface area contributed by atoms with E-state index in [1.54, 1.807) is 0 Å². The lowest BCUT2D eigenvalue weighted by molar-refractivity contribution is 1.07. The molecular weight excluding hydrogens is 687 g/mol. The van der Waals surface area contributed by atoms with E-state index in [1.165, 1.54) is 69.2 Å². The van der Waals surface area contributed by atoms with Crippen LogP contribution in [0.4, 0.5) is 0 Å². The third-order valence-electron chi connectivity index (χ3n) is 10.7. The molecule has 0 fully saturated rings. The standard InChI is InChI=1S/C51H31N3S/c1-3-13-33(14-4-1)49-52-50(34-15-5-2-6-16-34)54-51(53-49)35-25-23-32(24-26-35)43-30-45-40-20-10-8-18-38(40)44(31-46(45)39-19-9-7-17-37(39)43)36-27-28-42-41-21-11-12-22-47(41)55-48(42)29-36/h1-31H. The van der Waals surface area contributed by atoms with Gasteiger partial charge in [0.1, 0.15) is 0 Å². The van der Waals surface area contributed by atoms with Crippen molar-refractivity contribution in [2.45, 2.75) is 0 Å². The summed E-state index contributed by atoms with van der Waals surface area (Å²) in [5.74, 6) is 1.96. The molecule has 2 heterocycles. The zero-order valence-electron chi connectivity index (χ0n) is 29.6. The third-order valence-corrected chi connectivity index (χ3v) is 11.9. The van der Waals surface area contributed by atoms with Crippen molar-refractivity contribution >= 4 is 63.8 Å². The monoisotopic (exact) mass is 717 g/mol. The minimum atomic E-state index is 0.648. The lowest BCUT2D eigenvalue weighted by atomic mass is 9.87. The highest BCUT2D eigenvalue weighted by molar-refractivity contribution is 7.25. The Morgan fingerprint density at radius 2 is 0.655 bits per heavy atom. The minimum Gasteiger partial charge on any atom is -0.208 e. The number of hydrogen-bond acceptors (Lipinski definition) is 4. The van der Waals surface area contributed by atoms with Gasteiger partial charge in [-0.05, 0) is 78.8 Å². The van der Waals surface area contributed by atoms with Crippen LogP contribution in [0.15, 0.2) is 188 Å². The van der Waals surface area contributed by atoms with Gasteiger partial charge in [0.25, 0.3) is 0 Å². The number of fused-ring (bicyclic) bond motifs is 8. The number of benzene rings is 9. The van der Waals surface area contributed by atoms with Crippen molar-refractivity contribution in [3.05, 3.63) is 188 Å². The summed E-state index contributed by atoms with van der Waals surface area (Å²) in [6.07, 6.45) is 0. The van der Waals surface area contributed by atoms with Crippen molar-refractivity contribution in [3.63, 3.8) is 0 Å². The maximum atomic E-state index is 4.97. The van der Waals surface area contributed by atoms with Crippen LogP contribution in [-0.2, 0) is 0 Å². The Kier molecular flexibility index (Phi) is 7.35. The Labute approximate surface area is 321 Å². The van der Waals surface area contributed by atoms with Gasteiger partial charge in [-0.25, -0.2) is 15.0 Å². The van der Waals surface area contributed by atoms with Crippen molar-refractivity contribution in [2.75, 3.05) is 0 Å². The second-order valence-corrected chi connectivity index (χ2v) is 15.0. The van der Waals surface area contributed by atoms with E-state index < -0.39 is 0 Å². The van der Waals surface area contributed by atoms with E-state index >= 15 is 0 Å². The van der Waals surface area contributed by atoms with Crippen molar-refractivity contribution in [1.29, 1.82) is 0 Å². The molecule has 0 amide bonds. The van der Waals surface area contributed by atoms with Crippen LogP contribution < -0.4 is 0 Å². The van der Waals surface area contributed by atoms with Crippen LogP contribution in [0.1, 0.15) is 0 Å². The first-order valence-electron chi connectivity index (χ1n) is 18.5. The molecule has 0 aliphatic rings. The number of thiophene rings is 1. The molecule has 3 nitrogen and oxygen atoms in total. The highest BCUT2D eigenvalue weighted by Crippen LogP contribution is 2.43. The van der Waals surface area contributed by atoms with E-state index in [9.17, 15) is 0 Å². The Bertz CT molecular complexity index is 3180. The van der Waals surface area contributed by atoms with Gasteiger partial charge in [0.05, 0.1) is 0 Å². The molecule has 9 aromatic carbocycles. The Hall–Kier alpha value is -7.01. The molecule has 0 unspecified atom stereocenters. The summed E-state index contributed by atoms with van der Waals surface area (Å²) in [6.45, 7) is 0. The van der Waals surface area contributed by atoms with Gasteiger partial charge in [-0.2, -0.15) is 0 Å². The zero-order valence-corrected chi connectivity index (χ0v) is 30.5. The fraction of sp³-hybridized carbons (Fsp3) is 0. The van der Waals surface area contributed by atoms with Crippen LogP contribution in [0.2, 0.25) is 0 Å². The highest BCUT2D eigenvalue weighted by Gasteiger charge is 2.17. The van der Waals surface area contributed by atoms with Crippen LogP contribution in [0, 0.1) is 0 Å². The molecular formula is C51H31N3S. The predicted molar refractivity (Wildman–Crippen MR) is 232 cm³/mol. The smallest absolute Gasteiger partial charge is 0.164 e. The summed E-state index contributed by atoms with van der Waals surface area (Å²) < 4.78 is 2.64. The summed E-state index contributed by atoms with van der Waals surface area (Å²) in [4.78, 5) is 14.8. The van der Waals surface area contributed by atoms with Gasteiger partial charge in [-0.3, -0.25) is 0 Å². The van der Waals surface area contributed by atoms with E-state index in [4.69, 9.17) is 15.0 Å². The van der Waals surface area contributed by atoms with Gasteiger partial charge in [-0.1, -0.05) is 164 Å². The first-order chi connectivity index (χ1) is 27.2. The molecule has 55 heavy (non-hydrogen) atoms. The maximum absolute atomic E-state index is 4.97. The Balaban J connectivity index is 1.06. The minimum absolute atomic E-state index is 0.648. The van der Waals surface area contributed by atoms with Gasteiger partial charge in [0, 0.05) is 36.9 Å². The molecule has 11 aromatic rings. The molecule has 0 radical (unpaired) electrons. The van der Waals surface area contributed by atoms with E-state index in [0.717, 1.165) is 22.3 Å². The average Bonchev–Trinajstić information content (AvgIpc) is 3.64. The second-order valence-electron chi connectivity index (χ2n) is 14.0. The van der Waals surface area contributed by atoms with Gasteiger partial charge >= 0.3 is 0 Å². The number of rotatable bonds is 5. The number of nitrogens with zero attached hydrogens (tertiary/aromatic N) is 3. The van der Waals surface area contributed by atoms with Gasteiger partial charge < -0.3 is 0 Å². The Morgan fingerprint density at radius 1 is 0.255 bits per heavy atom. The lowest BCUT2D eigenvalue weighted by Crippen LogP contribution is -2.00. The summed E-state index contributed by atoms with van der Waals surface area (Å²) in [5, 5.41) is 10.1. The molecule has 4 heteroatoms. The van der Waals surface area contributed by atoms with Crippen LogP contribution >= 0.6 is 11.3 Å². The van der Waals surface area contributed by atoms with Crippen LogP contribution in [0.3, 0.4) is 0 Å². The Morgan fingerprint density at radius 3 is 1.22 bits per heavy atom. The topological polar surface area (TPSA) is 38.7 Å². The lowest BCUT2D eigenvalue weighted by Gasteiger charge is -2.16. The fourth-order valence-corrected chi connectivity index (χ4v) is 9.20. The zero-order chi connectivity index (χ0) is 36.3. The van der Waals surface area contributed by atoms with Gasteiger partial charge in [0.2, 0.25) is 0 Å². The molecule has 0 saturated heterocycles. The van der Waals surface area contributed by atoms with Crippen molar-refractivity contribution in [1.82, 2.24) is 15.0 Å². The van der Waals surface area contributed by atoms with E-state index in [0.29, 0.717) is 17.5 Å². The van der Waals surface area contributed by atoms with Crippen molar-refractivity contribution in [3.8, 4) is 56.4 Å². The second kappa shape index (κ2) is 12.8.